The van der Waals surface area contributed by atoms with Crippen molar-refractivity contribution in [1.82, 2.24) is 4.98 Å². The van der Waals surface area contributed by atoms with Crippen LogP contribution in [-0.4, -0.2) is 72.8 Å². The average Bonchev–Trinajstić information content (AvgIpc) is 1.65. The maximum Gasteiger partial charge on any atom is 0.365 e. The average molecular weight is 1250 g/mol. The number of hydrogen-bond donors (Lipinski definition) is 0. The van der Waals surface area contributed by atoms with Gasteiger partial charge in [-0.15, -0.1) is 0 Å². The Labute approximate surface area is 557 Å². The monoisotopic (exact) mass is 1250 g/mol. The summed E-state index contributed by atoms with van der Waals surface area (Å²) in [5.74, 6) is -0.0455. The molecule has 1 aromatic heterocycles. The Balaban J connectivity index is 0.923. The topological polar surface area (TPSA) is 44.5 Å². The molecule has 0 radical (unpaired) electrons. The molecule has 10 heteroatoms. The maximum atomic E-state index is 5.54. The van der Waals surface area contributed by atoms with Gasteiger partial charge >= 0.3 is 5.17 Å². The molecule has 9 aromatic rings. The van der Waals surface area contributed by atoms with Gasteiger partial charge in [0.1, 0.15) is 5.70 Å². The van der Waals surface area contributed by atoms with E-state index in [0.717, 1.165) is 131 Å². The van der Waals surface area contributed by atoms with Gasteiger partial charge in [0.15, 0.2) is 10.8 Å². The molecule has 0 aliphatic carbocycles. The van der Waals surface area contributed by atoms with Crippen LogP contribution >= 0.6 is 23.1 Å². The predicted molar refractivity (Wildman–Crippen MR) is 401 cm³/mol. The second-order valence-electron chi connectivity index (χ2n) is 23.1. The lowest BCUT2D eigenvalue weighted by molar-refractivity contribution is -0.466. The lowest BCUT2D eigenvalue weighted by Gasteiger charge is -2.26. The van der Waals surface area contributed by atoms with Gasteiger partial charge in [-0.1, -0.05) is 182 Å². The molecule has 1 aliphatic heterocycles. The molecule has 10 rings (SSSR count). The van der Waals surface area contributed by atoms with Crippen molar-refractivity contribution in [2.24, 2.45) is 4.99 Å². The molecular formula is C82H91N8S2+. The van der Waals surface area contributed by atoms with Crippen molar-refractivity contribution in [3.63, 3.8) is 0 Å². The Morgan fingerprint density at radius 2 is 0.946 bits per heavy atom. The number of benzene rings is 8. The predicted octanol–water partition coefficient (Wildman–Crippen LogP) is 20.2. The Morgan fingerprint density at radius 1 is 0.500 bits per heavy atom. The summed E-state index contributed by atoms with van der Waals surface area (Å²) in [6, 6.07) is 76.2. The molecule has 0 amide bonds. The molecule has 0 fully saturated rings. The maximum absolute atomic E-state index is 5.54. The van der Waals surface area contributed by atoms with Crippen LogP contribution in [0, 0.1) is 6.92 Å². The number of aryl methyl sites for hydroxylation is 1. The van der Waals surface area contributed by atoms with E-state index in [9.17, 15) is 0 Å². The number of para-hydroxylation sites is 1. The Bertz CT molecular complexity index is 4040. The largest absolute Gasteiger partial charge is 0.372 e. The second-order valence-corrected chi connectivity index (χ2v) is 25.1. The van der Waals surface area contributed by atoms with Crippen molar-refractivity contribution in [3.05, 3.63) is 297 Å². The summed E-state index contributed by atoms with van der Waals surface area (Å²) in [6.07, 6.45) is 3.82. The third kappa shape index (κ3) is 14.7. The van der Waals surface area contributed by atoms with E-state index >= 15 is 0 Å². The van der Waals surface area contributed by atoms with Crippen molar-refractivity contribution in [3.8, 4) is 11.3 Å². The van der Waals surface area contributed by atoms with Gasteiger partial charge in [-0.2, -0.15) is 0 Å². The quantitative estimate of drug-likeness (QED) is 0.0358. The number of thiazole rings is 1. The number of allylic oxidation sites excluding steroid dienone is 4. The molecule has 0 saturated heterocycles. The number of likely N-dealkylation sites (N-methyl/N-ethyl adjacent to an activating group) is 1. The molecule has 0 spiro atoms. The zero-order valence-electron chi connectivity index (χ0n) is 55.7. The van der Waals surface area contributed by atoms with Crippen LogP contribution in [0.1, 0.15) is 118 Å². The summed E-state index contributed by atoms with van der Waals surface area (Å²) < 4.78 is 2.26. The lowest BCUT2D eigenvalue weighted by atomic mass is 9.87. The van der Waals surface area contributed by atoms with E-state index in [1.807, 2.05) is 23.5 Å². The summed E-state index contributed by atoms with van der Waals surface area (Å²) >= 11 is 3.55. The van der Waals surface area contributed by atoms with Crippen LogP contribution in [0.2, 0.25) is 0 Å². The molecule has 8 nitrogen and oxygen atoms in total. The van der Waals surface area contributed by atoms with E-state index in [-0.39, 0.29) is 5.92 Å². The summed E-state index contributed by atoms with van der Waals surface area (Å²) in [4.78, 5) is 25.5. The zero-order valence-corrected chi connectivity index (χ0v) is 57.4. The Morgan fingerprint density at radius 3 is 1.38 bits per heavy atom. The molecule has 1 aliphatic rings. The smallest absolute Gasteiger partial charge is 0.365 e. The van der Waals surface area contributed by atoms with Crippen molar-refractivity contribution < 1.29 is 4.58 Å². The second kappa shape index (κ2) is 31.4. The van der Waals surface area contributed by atoms with Gasteiger partial charge in [0.05, 0.1) is 17.1 Å². The third-order valence-corrected chi connectivity index (χ3v) is 20.1. The fourth-order valence-corrected chi connectivity index (χ4v) is 15.2. The summed E-state index contributed by atoms with van der Waals surface area (Å²) in [6.45, 7) is 39.1. The fourth-order valence-electron chi connectivity index (χ4n) is 12.6. The summed E-state index contributed by atoms with van der Waals surface area (Å²) in [7, 11) is 0. The SMILES string of the molecule is C=C/C(C)=C(\C=C)[N+](CC)=C1N=C(c2ccccc2)/C(=C(\c2ccc(N(CC)CC)cc2)c2ccc(N(CC)Cc3ccc(CN(CC)c4ccc(C(c5ccc(N(CC)CC)cc5)c5sc(N(CC)c6ccccc6C)nc5-c5ccccc5)cc4)cc3)cc2)S1. The minimum Gasteiger partial charge on any atom is -0.372 e. The molecule has 0 bridgehead atoms. The molecule has 92 heavy (non-hydrogen) atoms. The minimum absolute atomic E-state index is 0.0455. The molecular weight excluding hydrogens is 1160 g/mol. The van der Waals surface area contributed by atoms with Crippen LogP contribution in [0.4, 0.5) is 33.6 Å². The van der Waals surface area contributed by atoms with E-state index in [2.05, 4.69) is 318 Å². The first-order chi connectivity index (χ1) is 45.0. The van der Waals surface area contributed by atoms with Crippen LogP contribution in [0.25, 0.3) is 16.8 Å². The first-order valence-corrected chi connectivity index (χ1v) is 34.7. The number of amidine groups is 1. The third-order valence-electron chi connectivity index (χ3n) is 17.8. The highest BCUT2D eigenvalue weighted by Gasteiger charge is 2.36. The first kappa shape index (κ1) is 66.0. The van der Waals surface area contributed by atoms with Crippen LogP contribution in [0.5, 0.6) is 0 Å². The van der Waals surface area contributed by atoms with E-state index in [4.69, 9.17) is 9.98 Å². The number of anilines is 6. The Kier molecular flexibility index (Phi) is 22.5. The van der Waals surface area contributed by atoms with Crippen LogP contribution in [-0.2, 0) is 13.1 Å². The van der Waals surface area contributed by atoms with Gasteiger partial charge in [-0.25, -0.2) is 9.56 Å². The zero-order chi connectivity index (χ0) is 64.7. The number of aliphatic imine (C=N–C) groups is 1. The molecule has 0 saturated carbocycles. The summed E-state index contributed by atoms with van der Waals surface area (Å²) in [5, 5.41) is 1.92. The highest BCUT2D eigenvalue weighted by atomic mass is 32.2. The van der Waals surface area contributed by atoms with Crippen LogP contribution < -0.4 is 24.5 Å². The summed E-state index contributed by atoms with van der Waals surface area (Å²) in [5.41, 5.74) is 22.0. The van der Waals surface area contributed by atoms with Crippen molar-refractivity contribution in [2.75, 3.05) is 76.9 Å². The van der Waals surface area contributed by atoms with Crippen molar-refractivity contribution in [2.45, 2.75) is 88.2 Å². The van der Waals surface area contributed by atoms with E-state index in [1.165, 1.54) is 61.1 Å². The van der Waals surface area contributed by atoms with Gasteiger partial charge in [0.2, 0.25) is 0 Å². The minimum atomic E-state index is -0.0455. The number of hydrogen-bond acceptors (Lipinski definition) is 8. The van der Waals surface area contributed by atoms with Gasteiger partial charge in [0.25, 0.3) is 0 Å². The number of rotatable bonds is 28. The van der Waals surface area contributed by atoms with E-state index in [0.29, 0.717) is 0 Å². The lowest BCUT2D eigenvalue weighted by Crippen LogP contribution is -2.23. The normalized spacial score (nSPS) is 13.8. The van der Waals surface area contributed by atoms with Crippen LogP contribution in [0.3, 0.4) is 0 Å². The van der Waals surface area contributed by atoms with Gasteiger partial charge in [-0.05, 0) is 179 Å². The highest BCUT2D eigenvalue weighted by Crippen LogP contribution is 2.47. The van der Waals surface area contributed by atoms with Gasteiger partial charge in [0, 0.05) is 127 Å². The number of thioether (sulfide) groups is 1. The first-order valence-electron chi connectivity index (χ1n) is 33.0. The Hall–Kier alpha value is -8.96. The molecule has 2 heterocycles. The van der Waals surface area contributed by atoms with Gasteiger partial charge in [-0.3, -0.25) is 0 Å². The van der Waals surface area contributed by atoms with Crippen LogP contribution in [0.15, 0.2) is 253 Å². The molecule has 0 N–H and O–H groups in total. The molecule has 1 unspecified atom stereocenters. The van der Waals surface area contributed by atoms with Crippen molar-refractivity contribution >= 4 is 73.1 Å². The molecule has 1 atom stereocenters. The number of aromatic nitrogens is 1. The van der Waals surface area contributed by atoms with Crippen molar-refractivity contribution in [1.29, 1.82) is 0 Å². The molecule has 470 valence electrons. The van der Waals surface area contributed by atoms with E-state index in [1.54, 1.807) is 11.8 Å². The van der Waals surface area contributed by atoms with Gasteiger partial charge < -0.3 is 24.5 Å². The van der Waals surface area contributed by atoms with E-state index < -0.39 is 0 Å². The standard InChI is InChI=1S/C82H91N8S2/c1-13-59(11)73(14-2)89(21-9)81-83-77(67-32-25-23-26-33-67)79(91-81)75(63-41-49-69(50-42-63)85(15-3)16-4)65-45-53-71(54-46-65)87(19-7)57-61-37-39-62(40-38-61)58-88(20-8)72-55-47-66(48-56-72)76(64-43-51-70(52-44-64)86(17-5)18-6)80-78(68-34-27-24-28-35-68)84-82(92-80)90(22-10)74-36-30-29-31-60(74)12/h13-14,23-56,76H,1-2,15-22,57-58H2,3-12H3/q+1/b73-59+. The molecule has 8 aromatic carbocycles. The highest BCUT2D eigenvalue weighted by molar-refractivity contribution is 8.18. The number of nitrogens with zero attached hydrogens (tertiary/aromatic N) is 8. The fraction of sp³-hybridized carbons (Fsp3) is 0.256.